The Morgan fingerprint density at radius 3 is 2.63 bits per heavy atom. The standard InChI is InChI=1S/C23H30N6S/c1-17-15-18(2)29(27-17)21-8-5-4-7-19(21)16-25-23(24-3)26-20-10-12-28(13-11-20)22-9-6-14-30-22/h4-9,14-15,20H,10-13,16H2,1-3H3,(H2,24,25,26). The Bertz CT molecular complexity index is 983. The maximum atomic E-state index is 4.65. The Kier molecular flexibility index (Phi) is 6.38. The van der Waals surface area contributed by atoms with Crippen molar-refractivity contribution in [2.75, 3.05) is 25.0 Å². The minimum Gasteiger partial charge on any atom is -0.363 e. The molecule has 3 aromatic rings. The molecule has 30 heavy (non-hydrogen) atoms. The van der Waals surface area contributed by atoms with Crippen LogP contribution >= 0.6 is 11.3 Å². The highest BCUT2D eigenvalue weighted by Crippen LogP contribution is 2.24. The first-order valence-corrected chi connectivity index (χ1v) is 11.4. The topological polar surface area (TPSA) is 57.5 Å². The molecule has 0 amide bonds. The van der Waals surface area contributed by atoms with E-state index in [0.29, 0.717) is 12.6 Å². The van der Waals surface area contributed by atoms with Gasteiger partial charge in [-0.05, 0) is 61.9 Å². The lowest BCUT2D eigenvalue weighted by Gasteiger charge is -2.33. The van der Waals surface area contributed by atoms with Crippen LogP contribution in [0.5, 0.6) is 0 Å². The number of guanidine groups is 1. The number of nitrogens with one attached hydrogen (secondary N) is 2. The number of para-hydroxylation sites is 1. The number of aromatic nitrogens is 2. The summed E-state index contributed by atoms with van der Waals surface area (Å²) >= 11 is 1.82. The van der Waals surface area contributed by atoms with Gasteiger partial charge in [0, 0.05) is 38.4 Å². The van der Waals surface area contributed by atoms with Crippen LogP contribution in [-0.2, 0) is 6.54 Å². The van der Waals surface area contributed by atoms with Crippen molar-refractivity contribution >= 4 is 22.3 Å². The number of rotatable bonds is 5. The highest BCUT2D eigenvalue weighted by molar-refractivity contribution is 7.14. The van der Waals surface area contributed by atoms with Crippen LogP contribution in [0.2, 0.25) is 0 Å². The fraction of sp³-hybridized carbons (Fsp3) is 0.391. The molecule has 4 rings (SSSR count). The Balaban J connectivity index is 1.35. The van der Waals surface area contributed by atoms with Gasteiger partial charge in [0.25, 0.3) is 0 Å². The smallest absolute Gasteiger partial charge is 0.191 e. The summed E-state index contributed by atoms with van der Waals surface area (Å²) in [5.41, 5.74) is 4.47. The van der Waals surface area contributed by atoms with Crippen LogP contribution in [0.15, 0.2) is 52.8 Å². The molecule has 6 nitrogen and oxygen atoms in total. The molecule has 0 radical (unpaired) electrons. The molecule has 158 valence electrons. The molecule has 1 aliphatic heterocycles. The molecule has 7 heteroatoms. The summed E-state index contributed by atoms with van der Waals surface area (Å²) in [6.45, 7) is 6.97. The SMILES string of the molecule is CN=C(NCc1ccccc1-n1nc(C)cc1C)NC1CCN(c2cccs2)CC1. The van der Waals surface area contributed by atoms with Gasteiger partial charge in [0.05, 0.1) is 16.4 Å². The zero-order valence-electron chi connectivity index (χ0n) is 17.9. The van der Waals surface area contributed by atoms with E-state index in [1.165, 1.54) is 10.6 Å². The number of hydrogen-bond acceptors (Lipinski definition) is 4. The monoisotopic (exact) mass is 422 g/mol. The van der Waals surface area contributed by atoms with E-state index in [4.69, 9.17) is 0 Å². The average molecular weight is 423 g/mol. The zero-order valence-corrected chi connectivity index (χ0v) is 18.7. The largest absolute Gasteiger partial charge is 0.363 e. The molecular formula is C23H30N6S. The fourth-order valence-corrected chi connectivity index (χ4v) is 4.79. The number of benzene rings is 1. The number of hydrogen-bond donors (Lipinski definition) is 2. The third kappa shape index (κ3) is 4.67. The van der Waals surface area contributed by atoms with Crippen LogP contribution in [0.25, 0.3) is 5.69 Å². The second kappa shape index (κ2) is 9.34. The van der Waals surface area contributed by atoms with Crippen molar-refractivity contribution in [3.8, 4) is 5.69 Å². The Morgan fingerprint density at radius 2 is 1.97 bits per heavy atom. The van der Waals surface area contributed by atoms with E-state index >= 15 is 0 Å². The number of aliphatic imine (C=N–C) groups is 1. The van der Waals surface area contributed by atoms with E-state index in [9.17, 15) is 0 Å². The van der Waals surface area contributed by atoms with E-state index in [1.807, 2.05) is 30.0 Å². The van der Waals surface area contributed by atoms with Gasteiger partial charge in [-0.3, -0.25) is 4.99 Å². The van der Waals surface area contributed by atoms with Gasteiger partial charge in [0.1, 0.15) is 0 Å². The highest BCUT2D eigenvalue weighted by Gasteiger charge is 2.20. The van der Waals surface area contributed by atoms with Gasteiger partial charge in [-0.2, -0.15) is 5.10 Å². The number of thiophene rings is 1. The van der Waals surface area contributed by atoms with E-state index in [2.05, 4.69) is 80.4 Å². The average Bonchev–Trinajstić information content (AvgIpc) is 3.41. The van der Waals surface area contributed by atoms with Crippen molar-refractivity contribution in [2.24, 2.45) is 4.99 Å². The quantitative estimate of drug-likeness (QED) is 0.484. The highest BCUT2D eigenvalue weighted by atomic mass is 32.1. The molecule has 1 aliphatic rings. The molecule has 1 aromatic carbocycles. The van der Waals surface area contributed by atoms with Crippen molar-refractivity contribution in [1.82, 2.24) is 20.4 Å². The summed E-state index contributed by atoms with van der Waals surface area (Å²) in [4.78, 5) is 6.93. The summed E-state index contributed by atoms with van der Waals surface area (Å²) in [6.07, 6.45) is 2.22. The van der Waals surface area contributed by atoms with Crippen LogP contribution in [-0.4, -0.2) is 41.9 Å². The van der Waals surface area contributed by atoms with Crippen molar-refractivity contribution in [2.45, 2.75) is 39.3 Å². The lowest BCUT2D eigenvalue weighted by molar-refractivity contribution is 0.462. The van der Waals surface area contributed by atoms with Gasteiger partial charge >= 0.3 is 0 Å². The molecular weight excluding hydrogens is 392 g/mol. The first kappa shape index (κ1) is 20.5. The van der Waals surface area contributed by atoms with Gasteiger partial charge in [0.15, 0.2) is 5.96 Å². The number of piperidine rings is 1. The molecule has 1 saturated heterocycles. The molecule has 0 unspecified atom stereocenters. The van der Waals surface area contributed by atoms with Gasteiger partial charge in [-0.25, -0.2) is 4.68 Å². The molecule has 0 saturated carbocycles. The molecule has 2 aromatic heterocycles. The maximum absolute atomic E-state index is 4.65. The summed E-state index contributed by atoms with van der Waals surface area (Å²) in [6, 6.07) is 15.3. The van der Waals surface area contributed by atoms with E-state index < -0.39 is 0 Å². The molecule has 3 heterocycles. The van der Waals surface area contributed by atoms with Crippen LogP contribution in [0.1, 0.15) is 29.8 Å². The Hall–Kier alpha value is -2.80. The maximum Gasteiger partial charge on any atom is 0.191 e. The lowest BCUT2D eigenvalue weighted by Crippen LogP contribution is -2.48. The fourth-order valence-electron chi connectivity index (χ4n) is 4.00. The summed E-state index contributed by atoms with van der Waals surface area (Å²) < 4.78 is 2.02. The van der Waals surface area contributed by atoms with Crippen molar-refractivity contribution in [1.29, 1.82) is 0 Å². The predicted octanol–water partition coefficient (Wildman–Crippen LogP) is 3.88. The van der Waals surface area contributed by atoms with Gasteiger partial charge in [-0.15, -0.1) is 11.3 Å². The first-order valence-electron chi connectivity index (χ1n) is 10.5. The van der Waals surface area contributed by atoms with Crippen LogP contribution in [0.4, 0.5) is 5.00 Å². The number of anilines is 1. The van der Waals surface area contributed by atoms with Crippen molar-refractivity contribution in [3.05, 3.63) is 64.8 Å². The predicted molar refractivity (Wildman–Crippen MR) is 126 cm³/mol. The Morgan fingerprint density at radius 1 is 1.17 bits per heavy atom. The molecule has 0 aliphatic carbocycles. The minimum atomic E-state index is 0.443. The summed E-state index contributed by atoms with van der Waals surface area (Å²) in [5, 5.41) is 15.3. The second-order valence-electron chi connectivity index (χ2n) is 7.75. The van der Waals surface area contributed by atoms with Crippen molar-refractivity contribution < 1.29 is 0 Å². The van der Waals surface area contributed by atoms with Gasteiger partial charge in [0.2, 0.25) is 0 Å². The number of nitrogens with zero attached hydrogens (tertiary/aromatic N) is 4. The summed E-state index contributed by atoms with van der Waals surface area (Å²) in [5.74, 6) is 0.854. The van der Waals surface area contributed by atoms with Crippen LogP contribution in [0.3, 0.4) is 0 Å². The van der Waals surface area contributed by atoms with E-state index in [-0.39, 0.29) is 0 Å². The molecule has 0 atom stereocenters. The second-order valence-corrected chi connectivity index (χ2v) is 8.68. The van der Waals surface area contributed by atoms with Crippen molar-refractivity contribution in [3.63, 3.8) is 0 Å². The van der Waals surface area contributed by atoms with Gasteiger partial charge in [-0.1, -0.05) is 18.2 Å². The third-order valence-corrected chi connectivity index (χ3v) is 6.48. The van der Waals surface area contributed by atoms with Crippen LogP contribution in [0, 0.1) is 13.8 Å². The summed E-state index contributed by atoms with van der Waals surface area (Å²) in [7, 11) is 1.84. The number of aryl methyl sites for hydroxylation is 2. The molecule has 1 fully saturated rings. The van der Waals surface area contributed by atoms with E-state index in [0.717, 1.165) is 49.0 Å². The van der Waals surface area contributed by atoms with Gasteiger partial charge < -0.3 is 15.5 Å². The van der Waals surface area contributed by atoms with E-state index in [1.54, 1.807) is 0 Å². The minimum absolute atomic E-state index is 0.443. The first-order chi connectivity index (χ1) is 14.6. The molecule has 0 spiro atoms. The normalized spacial score (nSPS) is 15.4. The molecule has 0 bridgehead atoms. The Labute approximate surface area is 182 Å². The lowest BCUT2D eigenvalue weighted by atomic mass is 10.1. The molecule has 2 N–H and O–H groups in total. The third-order valence-electron chi connectivity index (χ3n) is 5.55. The zero-order chi connectivity index (χ0) is 20.9. The van der Waals surface area contributed by atoms with Crippen LogP contribution < -0.4 is 15.5 Å².